The van der Waals surface area contributed by atoms with Gasteiger partial charge in [-0.1, -0.05) is 31.4 Å². The van der Waals surface area contributed by atoms with E-state index in [9.17, 15) is 0 Å². The topological polar surface area (TPSA) is 28.2 Å². The second kappa shape index (κ2) is 13.1. The van der Waals surface area contributed by atoms with Crippen LogP contribution in [0.25, 0.3) is 10.6 Å². The van der Waals surface area contributed by atoms with Gasteiger partial charge in [-0.25, -0.2) is 0 Å². The van der Waals surface area contributed by atoms with Crippen LogP contribution in [0.5, 0.6) is 0 Å². The Morgan fingerprint density at radius 3 is 2.39 bits per heavy atom. The molecule has 1 unspecified atom stereocenters. The predicted octanol–water partition coefficient (Wildman–Crippen LogP) is 7.40. The molecule has 2 heterocycles. The molecule has 0 aromatic rings. The molecule has 134 valence electrons. The molecule has 2 aliphatic rings. The fourth-order valence-corrected chi connectivity index (χ4v) is 13.9. The van der Waals surface area contributed by atoms with Crippen LogP contribution in [0.15, 0.2) is 23.9 Å². The zero-order valence-electron chi connectivity index (χ0n) is 14.7. The molecule has 2 aliphatic heterocycles. The molecule has 1 saturated heterocycles. The van der Waals surface area contributed by atoms with Crippen molar-refractivity contribution in [3.8, 4) is 0 Å². The molecule has 0 amide bonds. The molecule has 2 rings (SSSR count). The molecular weight excluding hydrogens is 478 g/mol. The van der Waals surface area contributed by atoms with Gasteiger partial charge >= 0.3 is 85.1 Å². The third-order valence-corrected chi connectivity index (χ3v) is 18.2. The average Bonchev–Trinajstić information content (AvgIpc) is 2.60. The van der Waals surface area contributed by atoms with Gasteiger partial charge in [0, 0.05) is 0 Å². The molecule has 1 atom stereocenters. The van der Waals surface area contributed by atoms with E-state index in [2.05, 4.69) is 55.4 Å². The van der Waals surface area contributed by atoms with Crippen LogP contribution in [-0.2, 0) is 0 Å². The molecular formula is C18H32BrClN2Sn-2. The van der Waals surface area contributed by atoms with Gasteiger partial charge in [0.1, 0.15) is 0 Å². The Morgan fingerprint density at radius 1 is 1.22 bits per heavy atom. The fourth-order valence-electron chi connectivity index (χ4n) is 2.68. The van der Waals surface area contributed by atoms with Crippen LogP contribution in [-0.4, -0.2) is 34.2 Å². The summed E-state index contributed by atoms with van der Waals surface area (Å²) < 4.78 is 2.60. The Hall–Kier alpha value is 0.809. The van der Waals surface area contributed by atoms with Crippen LogP contribution < -0.4 is 0 Å². The summed E-state index contributed by atoms with van der Waals surface area (Å²) in [4.78, 5) is 0. The quantitative estimate of drug-likeness (QED) is 0.319. The zero-order valence-corrected chi connectivity index (χ0v) is 19.9. The summed E-state index contributed by atoms with van der Waals surface area (Å²) in [6, 6.07) is 0.406. The van der Waals surface area contributed by atoms with Crippen LogP contribution in [0.2, 0.25) is 8.87 Å². The third-order valence-electron chi connectivity index (χ3n) is 4.15. The van der Waals surface area contributed by atoms with Gasteiger partial charge in [0.15, 0.2) is 0 Å². The van der Waals surface area contributed by atoms with Crippen molar-refractivity contribution in [2.24, 2.45) is 0 Å². The Kier molecular flexibility index (Phi) is 12.4. The van der Waals surface area contributed by atoms with Crippen molar-refractivity contribution in [2.45, 2.75) is 73.7 Å². The van der Waals surface area contributed by atoms with Gasteiger partial charge in [0.05, 0.1) is 0 Å². The van der Waals surface area contributed by atoms with Gasteiger partial charge in [-0.15, -0.1) is 25.2 Å². The molecule has 0 N–H and O–H groups in total. The van der Waals surface area contributed by atoms with Crippen molar-refractivity contribution in [3.63, 3.8) is 0 Å². The Morgan fingerprint density at radius 2 is 1.91 bits per heavy atom. The fraction of sp³-hybridized carbons (Fsp3) is 0.778. The summed E-state index contributed by atoms with van der Waals surface area (Å²) in [7, 11) is 6.42. The van der Waals surface area contributed by atoms with Crippen molar-refractivity contribution in [2.75, 3.05) is 13.1 Å². The van der Waals surface area contributed by atoms with E-state index in [0.717, 1.165) is 13.1 Å². The molecule has 0 aromatic carbocycles. The van der Waals surface area contributed by atoms with Gasteiger partial charge in [0.25, 0.3) is 0 Å². The normalized spacial score (nSPS) is 21.0. The second-order valence-corrected chi connectivity index (χ2v) is 32.2. The minimum absolute atomic E-state index is 0.406. The summed E-state index contributed by atoms with van der Waals surface area (Å²) in [5, 5.41) is 8.99. The number of halogens is 2. The first-order chi connectivity index (χ1) is 11.1. The molecule has 0 bridgehead atoms. The van der Waals surface area contributed by atoms with Gasteiger partial charge in [-0.2, -0.15) is 5.70 Å². The molecule has 0 aromatic heterocycles. The number of rotatable bonds is 7. The number of allylic oxidation sites excluding steroid dienone is 2. The van der Waals surface area contributed by atoms with Crippen molar-refractivity contribution in [1.82, 2.24) is 0 Å². The van der Waals surface area contributed by atoms with E-state index >= 15 is 0 Å². The van der Waals surface area contributed by atoms with Crippen LogP contribution in [0.1, 0.15) is 58.8 Å². The molecule has 1 fully saturated rings. The molecule has 0 radical (unpaired) electrons. The predicted molar refractivity (Wildman–Crippen MR) is 111 cm³/mol. The van der Waals surface area contributed by atoms with Gasteiger partial charge in [-0.05, 0) is 0 Å². The summed E-state index contributed by atoms with van der Waals surface area (Å²) in [6.07, 6.45) is 15.2. The van der Waals surface area contributed by atoms with Crippen LogP contribution in [0.3, 0.4) is 0 Å². The Balaban J connectivity index is 0.000000232. The summed E-state index contributed by atoms with van der Waals surface area (Å²) in [5.74, 6) is 0. The number of piperidine rings is 1. The van der Waals surface area contributed by atoms with Gasteiger partial charge < -0.3 is 10.6 Å². The van der Waals surface area contributed by atoms with Crippen molar-refractivity contribution >= 4 is 36.7 Å². The number of hydrogen-bond donors (Lipinski definition) is 0. The first-order valence-electron chi connectivity index (χ1n) is 9.17. The van der Waals surface area contributed by atoms with Crippen LogP contribution in [0, 0.1) is 0 Å². The van der Waals surface area contributed by atoms with Crippen molar-refractivity contribution in [1.29, 1.82) is 0 Å². The summed E-state index contributed by atoms with van der Waals surface area (Å²) in [5.41, 5.74) is 1.19. The Labute approximate surface area is 157 Å². The summed E-state index contributed by atoms with van der Waals surface area (Å²) in [6.45, 7) is 6.33. The first-order valence-corrected chi connectivity index (χ1v) is 23.2. The standard InChI is InChI=1S/C10H14N2.2C4H9.BrH.ClH.Sn/c1-3-7-11-9(5-1)10-6-2-4-8-12-10;2*1-3-4-2;;;/h1,3,5,10H,2,4,6-8H2;2*1,3-4H2,2H3;2*1H;/q-2;;;;;+2/p-2. The van der Waals surface area contributed by atoms with Crippen LogP contribution in [0.4, 0.5) is 0 Å². The zero-order chi connectivity index (χ0) is 17.0. The molecule has 0 spiro atoms. The van der Waals surface area contributed by atoms with E-state index in [1.165, 1.54) is 59.5 Å². The first kappa shape index (κ1) is 21.9. The number of nitrogens with zero attached hydrogens (tertiary/aromatic N) is 2. The average molecular weight is 511 g/mol. The molecule has 0 aliphatic carbocycles. The molecule has 23 heavy (non-hydrogen) atoms. The van der Waals surface area contributed by atoms with Crippen molar-refractivity contribution < 1.29 is 0 Å². The summed E-state index contributed by atoms with van der Waals surface area (Å²) >= 11 is 1.61. The van der Waals surface area contributed by atoms with Gasteiger partial charge in [-0.3, -0.25) is 0 Å². The van der Waals surface area contributed by atoms with Gasteiger partial charge in [0.2, 0.25) is 0 Å². The molecule has 2 nitrogen and oxygen atoms in total. The van der Waals surface area contributed by atoms with E-state index in [1.54, 1.807) is 0 Å². The van der Waals surface area contributed by atoms with E-state index in [0.29, 0.717) is 6.04 Å². The molecule has 5 heteroatoms. The maximum absolute atomic E-state index is 6.42. The van der Waals surface area contributed by atoms with E-state index in [-0.39, 0.29) is 0 Å². The minimum atomic E-state index is -2.15. The monoisotopic (exact) mass is 510 g/mol. The Bertz CT molecular complexity index is 356. The number of unbranched alkanes of at least 4 members (excludes halogenated alkanes) is 2. The van der Waals surface area contributed by atoms with E-state index in [4.69, 9.17) is 8.92 Å². The maximum atomic E-state index is 6.42. The number of hydrogen-bond acceptors (Lipinski definition) is 0. The third kappa shape index (κ3) is 10.4. The second-order valence-electron chi connectivity index (χ2n) is 6.34. The molecule has 0 saturated carbocycles. The van der Waals surface area contributed by atoms with Crippen LogP contribution >= 0.6 is 21.6 Å². The SMILES string of the molecule is C1=CC[N-]C(C2CCCC[N-]2)=C1.CCC[CH2][Sn]([Cl])([Br])[CH2]CCC. The van der Waals surface area contributed by atoms with E-state index in [1.807, 2.05) is 0 Å². The van der Waals surface area contributed by atoms with Crippen molar-refractivity contribution in [3.05, 3.63) is 34.6 Å². The van der Waals surface area contributed by atoms with E-state index < -0.39 is 15.0 Å².